The van der Waals surface area contributed by atoms with Crippen molar-refractivity contribution in [3.8, 4) is 0 Å². The summed E-state index contributed by atoms with van der Waals surface area (Å²) in [6.07, 6.45) is 0.463. The first-order valence-electron chi connectivity index (χ1n) is 6.51. The van der Waals surface area contributed by atoms with Gasteiger partial charge in [0.2, 0.25) is 0 Å². The van der Waals surface area contributed by atoms with Gasteiger partial charge in [-0.25, -0.2) is 0 Å². The van der Waals surface area contributed by atoms with Crippen LogP contribution in [0.5, 0.6) is 0 Å². The van der Waals surface area contributed by atoms with E-state index < -0.39 is 0 Å². The maximum atomic E-state index is 6.04. The van der Waals surface area contributed by atoms with E-state index in [0.29, 0.717) is 13.2 Å². The molecule has 0 spiro atoms. The van der Waals surface area contributed by atoms with Crippen molar-refractivity contribution in [1.29, 1.82) is 0 Å². The van der Waals surface area contributed by atoms with Gasteiger partial charge in [0.1, 0.15) is 25.7 Å². The standard InChI is InChI=1S/C12H23BO4/c1-7(2)14-5-12-6-15-10(12)9(11(13)17-12)16-8(3)4/h7-11H,5-6,13H2,1-4H3. The minimum Gasteiger partial charge on any atom is -0.376 e. The van der Waals surface area contributed by atoms with E-state index in [-0.39, 0.29) is 36.0 Å². The van der Waals surface area contributed by atoms with Gasteiger partial charge < -0.3 is 18.9 Å². The minimum absolute atomic E-state index is 0.0265. The second-order valence-corrected chi connectivity index (χ2v) is 5.63. The van der Waals surface area contributed by atoms with E-state index in [1.807, 2.05) is 35.5 Å². The Morgan fingerprint density at radius 1 is 1.29 bits per heavy atom. The third-order valence-corrected chi connectivity index (χ3v) is 3.30. The lowest BCUT2D eigenvalue weighted by atomic mass is 9.86. The first-order valence-corrected chi connectivity index (χ1v) is 6.51. The highest BCUT2D eigenvalue weighted by Crippen LogP contribution is 2.42. The van der Waals surface area contributed by atoms with E-state index >= 15 is 0 Å². The van der Waals surface area contributed by atoms with Crippen molar-refractivity contribution >= 4 is 7.85 Å². The Kier molecular flexibility index (Phi) is 3.83. The summed E-state index contributed by atoms with van der Waals surface area (Å²) in [5.74, 6) is 0. The summed E-state index contributed by atoms with van der Waals surface area (Å²) < 4.78 is 23.3. The molecule has 0 amide bonds. The second kappa shape index (κ2) is 4.88. The predicted octanol–water partition coefficient (Wildman–Crippen LogP) is 0.332. The molecule has 0 saturated carbocycles. The molecule has 2 heterocycles. The fourth-order valence-corrected chi connectivity index (χ4v) is 2.51. The molecule has 4 atom stereocenters. The number of hydrogen-bond donors (Lipinski definition) is 0. The van der Waals surface area contributed by atoms with E-state index in [0.717, 1.165) is 0 Å². The van der Waals surface area contributed by atoms with Crippen molar-refractivity contribution in [3.63, 3.8) is 0 Å². The first kappa shape index (κ1) is 13.3. The van der Waals surface area contributed by atoms with Gasteiger partial charge in [-0.3, -0.25) is 0 Å². The highest BCUT2D eigenvalue weighted by molar-refractivity contribution is 6.11. The summed E-state index contributed by atoms with van der Waals surface area (Å²) in [4.78, 5) is 0. The molecule has 0 aromatic carbocycles. The van der Waals surface area contributed by atoms with Crippen molar-refractivity contribution in [3.05, 3.63) is 0 Å². The lowest BCUT2D eigenvalue weighted by molar-refractivity contribution is -0.252. The summed E-state index contributed by atoms with van der Waals surface area (Å²) >= 11 is 0. The van der Waals surface area contributed by atoms with Crippen LogP contribution < -0.4 is 0 Å². The van der Waals surface area contributed by atoms with Crippen LogP contribution in [-0.2, 0) is 18.9 Å². The first-order chi connectivity index (χ1) is 7.94. The molecule has 0 aromatic rings. The van der Waals surface area contributed by atoms with Gasteiger partial charge in [0.25, 0.3) is 0 Å². The molecule has 2 aliphatic rings. The van der Waals surface area contributed by atoms with Gasteiger partial charge in [-0.2, -0.15) is 0 Å². The molecule has 0 aromatic heterocycles. The fraction of sp³-hybridized carbons (Fsp3) is 1.00. The van der Waals surface area contributed by atoms with Crippen LogP contribution in [0.25, 0.3) is 0 Å². The Bertz CT molecular complexity index is 271. The summed E-state index contributed by atoms with van der Waals surface area (Å²) in [5.41, 5.74) is -0.275. The molecule has 2 aliphatic heterocycles. The normalized spacial score (nSPS) is 40.7. The Morgan fingerprint density at radius 2 is 2.00 bits per heavy atom. The van der Waals surface area contributed by atoms with Crippen LogP contribution in [0.1, 0.15) is 27.7 Å². The fourth-order valence-electron chi connectivity index (χ4n) is 2.51. The third-order valence-electron chi connectivity index (χ3n) is 3.30. The van der Waals surface area contributed by atoms with E-state index in [2.05, 4.69) is 0 Å². The largest absolute Gasteiger partial charge is 0.376 e. The average Bonchev–Trinajstić information content (AvgIpc) is 2.35. The van der Waals surface area contributed by atoms with Gasteiger partial charge in [-0.15, -0.1) is 0 Å². The molecule has 4 nitrogen and oxygen atoms in total. The molecular formula is C12H23BO4. The van der Waals surface area contributed by atoms with Crippen LogP contribution in [0.15, 0.2) is 0 Å². The van der Waals surface area contributed by atoms with Crippen LogP contribution in [0, 0.1) is 0 Å². The van der Waals surface area contributed by atoms with Gasteiger partial charge in [0, 0.05) is 0 Å². The van der Waals surface area contributed by atoms with Crippen LogP contribution in [0.2, 0.25) is 0 Å². The third kappa shape index (κ3) is 2.52. The Balaban J connectivity index is 1.97. The molecule has 17 heavy (non-hydrogen) atoms. The second-order valence-electron chi connectivity index (χ2n) is 5.63. The van der Waals surface area contributed by atoms with Crippen LogP contribution in [0.3, 0.4) is 0 Å². The summed E-state index contributed by atoms with van der Waals surface area (Å²) in [5, 5.41) is 0. The highest BCUT2D eigenvalue weighted by atomic mass is 16.7. The molecule has 0 aliphatic carbocycles. The molecule has 0 radical (unpaired) electrons. The lowest BCUT2D eigenvalue weighted by Gasteiger charge is -2.44. The topological polar surface area (TPSA) is 36.9 Å². The monoisotopic (exact) mass is 242 g/mol. The maximum Gasteiger partial charge on any atom is 0.143 e. The van der Waals surface area contributed by atoms with E-state index in [1.165, 1.54) is 0 Å². The van der Waals surface area contributed by atoms with Gasteiger partial charge in [-0.05, 0) is 27.7 Å². The summed E-state index contributed by atoms with van der Waals surface area (Å²) in [7, 11) is 2.05. The lowest BCUT2D eigenvalue weighted by Crippen LogP contribution is -2.62. The summed E-state index contributed by atoms with van der Waals surface area (Å²) in [6.45, 7) is 9.35. The van der Waals surface area contributed by atoms with Crippen molar-refractivity contribution in [2.45, 2.75) is 63.7 Å². The van der Waals surface area contributed by atoms with E-state index in [9.17, 15) is 0 Å². The molecule has 0 N–H and O–H groups in total. The van der Waals surface area contributed by atoms with Gasteiger partial charge in [0.15, 0.2) is 0 Å². The van der Waals surface area contributed by atoms with Crippen LogP contribution in [-0.4, -0.2) is 57.1 Å². The molecule has 2 rings (SSSR count). The zero-order chi connectivity index (χ0) is 12.6. The molecular weight excluding hydrogens is 219 g/mol. The highest BCUT2D eigenvalue weighted by Gasteiger charge is 2.62. The summed E-state index contributed by atoms with van der Waals surface area (Å²) in [6, 6.07) is 0.0701. The predicted molar refractivity (Wildman–Crippen MR) is 67.0 cm³/mol. The zero-order valence-corrected chi connectivity index (χ0v) is 11.4. The van der Waals surface area contributed by atoms with E-state index in [1.54, 1.807) is 0 Å². The van der Waals surface area contributed by atoms with Gasteiger partial charge >= 0.3 is 0 Å². The maximum absolute atomic E-state index is 6.04. The molecule has 5 heteroatoms. The van der Waals surface area contributed by atoms with E-state index in [4.69, 9.17) is 18.9 Å². The SMILES string of the molecule is BC1OC2(COC(C)C)COC2C1OC(C)C. The van der Waals surface area contributed by atoms with Crippen LogP contribution in [0.4, 0.5) is 0 Å². The Morgan fingerprint density at radius 3 is 2.47 bits per heavy atom. The quantitative estimate of drug-likeness (QED) is 0.651. The molecule has 2 fully saturated rings. The smallest absolute Gasteiger partial charge is 0.143 e. The Labute approximate surface area is 104 Å². The molecule has 98 valence electrons. The minimum atomic E-state index is -0.275. The van der Waals surface area contributed by atoms with Gasteiger partial charge in [0.05, 0.1) is 31.4 Å². The molecule has 0 bridgehead atoms. The number of rotatable bonds is 5. The number of fused-ring (bicyclic) bond motifs is 1. The molecule has 4 unspecified atom stereocenters. The molecule has 2 saturated heterocycles. The van der Waals surface area contributed by atoms with Crippen molar-refractivity contribution in [2.24, 2.45) is 0 Å². The van der Waals surface area contributed by atoms with Crippen molar-refractivity contribution in [1.82, 2.24) is 0 Å². The van der Waals surface area contributed by atoms with Crippen LogP contribution >= 0.6 is 0 Å². The van der Waals surface area contributed by atoms with Crippen molar-refractivity contribution < 1.29 is 18.9 Å². The number of hydrogen-bond acceptors (Lipinski definition) is 4. The number of ether oxygens (including phenoxy) is 4. The Hall–Kier alpha value is -0.0951. The van der Waals surface area contributed by atoms with Crippen molar-refractivity contribution in [2.75, 3.05) is 13.2 Å². The zero-order valence-electron chi connectivity index (χ0n) is 11.4. The average molecular weight is 242 g/mol. The van der Waals surface area contributed by atoms with Gasteiger partial charge in [-0.1, -0.05) is 0 Å².